The van der Waals surface area contributed by atoms with Crippen LogP contribution in [0.5, 0.6) is 11.5 Å². The molecule has 0 unspecified atom stereocenters. The van der Waals surface area contributed by atoms with Crippen LogP contribution in [0.4, 0.5) is 0 Å². The minimum atomic E-state index is -0.195. The van der Waals surface area contributed by atoms with Gasteiger partial charge in [0, 0.05) is 17.1 Å². The smallest absolute Gasteiger partial charge is 0.260 e. The number of ether oxygens (including phenoxy) is 2. The molecule has 0 aliphatic rings. The molecule has 0 radical (unpaired) electrons. The van der Waals surface area contributed by atoms with Gasteiger partial charge in [0.05, 0.1) is 7.11 Å². The Morgan fingerprint density at radius 1 is 1.14 bits per heavy atom. The molecule has 146 valence electrons. The van der Waals surface area contributed by atoms with E-state index in [1.807, 2.05) is 19.1 Å². The second-order valence-corrected chi connectivity index (χ2v) is 6.30. The molecular formula is C20H20ClN3O4. The van der Waals surface area contributed by atoms with Gasteiger partial charge in [0.2, 0.25) is 11.7 Å². The minimum Gasteiger partial charge on any atom is -0.493 e. The summed E-state index contributed by atoms with van der Waals surface area (Å²) in [5.74, 6) is 1.68. The summed E-state index contributed by atoms with van der Waals surface area (Å²) in [6, 6.07) is 14.3. The second kappa shape index (κ2) is 9.23. The third kappa shape index (κ3) is 4.80. The molecular weight excluding hydrogens is 382 g/mol. The molecule has 0 atom stereocenters. The lowest BCUT2D eigenvalue weighted by atomic mass is 10.2. The second-order valence-electron chi connectivity index (χ2n) is 5.87. The van der Waals surface area contributed by atoms with Crippen LogP contribution < -0.4 is 9.47 Å². The molecule has 7 nitrogen and oxygen atoms in total. The van der Waals surface area contributed by atoms with Crippen LogP contribution in [0.3, 0.4) is 0 Å². The van der Waals surface area contributed by atoms with E-state index >= 15 is 0 Å². The van der Waals surface area contributed by atoms with Crippen molar-refractivity contribution in [2.75, 3.05) is 20.3 Å². The number of carbonyl (C=O) groups is 1. The van der Waals surface area contributed by atoms with Crippen molar-refractivity contribution >= 4 is 17.5 Å². The summed E-state index contributed by atoms with van der Waals surface area (Å²) in [5, 5.41) is 4.59. The zero-order valence-electron chi connectivity index (χ0n) is 15.6. The van der Waals surface area contributed by atoms with E-state index in [4.69, 9.17) is 25.6 Å². The fraction of sp³-hybridized carbons (Fsp3) is 0.250. The third-order valence-electron chi connectivity index (χ3n) is 4.05. The first-order chi connectivity index (χ1) is 13.6. The molecule has 1 amide bonds. The predicted molar refractivity (Wildman–Crippen MR) is 104 cm³/mol. The number of carbonyl (C=O) groups excluding carboxylic acids is 1. The van der Waals surface area contributed by atoms with Gasteiger partial charge in [-0.1, -0.05) is 28.9 Å². The van der Waals surface area contributed by atoms with Gasteiger partial charge in [-0.25, -0.2) is 0 Å². The number of hydrogen-bond donors (Lipinski definition) is 0. The van der Waals surface area contributed by atoms with Gasteiger partial charge < -0.3 is 18.9 Å². The highest BCUT2D eigenvalue weighted by Crippen LogP contribution is 2.25. The Hall–Kier alpha value is -3.06. The molecule has 0 saturated carbocycles. The number of methoxy groups -OCH3 is 1. The predicted octanol–water partition coefficient (Wildman–Crippen LogP) is 3.83. The maximum Gasteiger partial charge on any atom is 0.260 e. The van der Waals surface area contributed by atoms with Gasteiger partial charge in [-0.15, -0.1) is 0 Å². The Kier molecular flexibility index (Phi) is 6.49. The quantitative estimate of drug-likeness (QED) is 0.571. The number of rotatable bonds is 8. The van der Waals surface area contributed by atoms with Crippen LogP contribution in [0.25, 0.3) is 11.4 Å². The van der Waals surface area contributed by atoms with E-state index in [2.05, 4.69) is 10.1 Å². The lowest BCUT2D eigenvalue weighted by Gasteiger charge is -2.19. The molecule has 3 rings (SSSR count). The standard InChI is InChI=1S/C20H20ClN3O4/c1-3-24(19(25)13-27-17-7-5-4-6-16(17)26-2)12-18-22-20(23-28-18)14-8-10-15(21)11-9-14/h4-11H,3,12-13H2,1-2H3. The van der Waals surface area contributed by atoms with Gasteiger partial charge in [-0.2, -0.15) is 4.98 Å². The molecule has 8 heteroatoms. The lowest BCUT2D eigenvalue weighted by Crippen LogP contribution is -2.34. The van der Waals surface area contributed by atoms with Crippen LogP contribution in [0, 0.1) is 0 Å². The fourth-order valence-corrected chi connectivity index (χ4v) is 2.67. The SMILES string of the molecule is CCN(Cc1nc(-c2ccc(Cl)cc2)no1)C(=O)COc1ccccc1OC. The summed E-state index contributed by atoms with van der Waals surface area (Å²) in [6.45, 7) is 2.43. The Labute approximate surface area is 167 Å². The Morgan fingerprint density at radius 2 is 1.86 bits per heavy atom. The van der Waals surface area contributed by atoms with Gasteiger partial charge in [0.25, 0.3) is 5.91 Å². The van der Waals surface area contributed by atoms with Crippen molar-refractivity contribution in [3.8, 4) is 22.9 Å². The van der Waals surface area contributed by atoms with Crippen LogP contribution in [0.1, 0.15) is 12.8 Å². The molecule has 2 aromatic carbocycles. The first-order valence-electron chi connectivity index (χ1n) is 8.72. The molecule has 3 aromatic rings. The third-order valence-corrected chi connectivity index (χ3v) is 4.30. The average Bonchev–Trinajstić information content (AvgIpc) is 3.19. The maximum atomic E-state index is 12.5. The number of nitrogens with zero attached hydrogens (tertiary/aromatic N) is 3. The zero-order chi connectivity index (χ0) is 19.9. The zero-order valence-corrected chi connectivity index (χ0v) is 16.3. The number of benzene rings is 2. The molecule has 1 heterocycles. The molecule has 0 bridgehead atoms. The fourth-order valence-electron chi connectivity index (χ4n) is 2.54. The molecule has 28 heavy (non-hydrogen) atoms. The van der Waals surface area contributed by atoms with Crippen LogP contribution >= 0.6 is 11.6 Å². The van der Waals surface area contributed by atoms with Crippen molar-refractivity contribution in [1.29, 1.82) is 0 Å². The maximum absolute atomic E-state index is 12.5. The Balaban J connectivity index is 1.62. The van der Waals surface area contributed by atoms with Gasteiger partial charge >= 0.3 is 0 Å². The molecule has 0 N–H and O–H groups in total. The van der Waals surface area contributed by atoms with E-state index in [0.29, 0.717) is 34.8 Å². The highest BCUT2D eigenvalue weighted by molar-refractivity contribution is 6.30. The Morgan fingerprint density at radius 3 is 2.54 bits per heavy atom. The Bertz CT molecular complexity index is 927. The number of aromatic nitrogens is 2. The number of likely N-dealkylation sites (N-methyl/N-ethyl adjacent to an activating group) is 1. The monoisotopic (exact) mass is 401 g/mol. The number of para-hydroxylation sites is 2. The highest BCUT2D eigenvalue weighted by Gasteiger charge is 2.18. The first kappa shape index (κ1) is 19.7. The van der Waals surface area contributed by atoms with Crippen LogP contribution in [0.2, 0.25) is 5.02 Å². The van der Waals surface area contributed by atoms with Crippen molar-refractivity contribution in [2.24, 2.45) is 0 Å². The van der Waals surface area contributed by atoms with Gasteiger partial charge in [0.15, 0.2) is 18.1 Å². The molecule has 0 saturated heterocycles. The van der Waals surface area contributed by atoms with E-state index < -0.39 is 0 Å². The van der Waals surface area contributed by atoms with E-state index in [9.17, 15) is 4.79 Å². The normalized spacial score (nSPS) is 10.5. The van der Waals surface area contributed by atoms with E-state index in [-0.39, 0.29) is 19.1 Å². The molecule has 0 aliphatic heterocycles. The molecule has 0 spiro atoms. The van der Waals surface area contributed by atoms with Gasteiger partial charge in [-0.05, 0) is 43.3 Å². The van der Waals surface area contributed by atoms with E-state index in [1.54, 1.807) is 48.4 Å². The van der Waals surface area contributed by atoms with Crippen LogP contribution in [-0.2, 0) is 11.3 Å². The average molecular weight is 402 g/mol. The summed E-state index contributed by atoms with van der Waals surface area (Å²) >= 11 is 5.89. The van der Waals surface area contributed by atoms with Crippen LogP contribution in [0.15, 0.2) is 53.1 Å². The van der Waals surface area contributed by atoms with Crippen molar-refractivity contribution in [3.63, 3.8) is 0 Å². The summed E-state index contributed by atoms with van der Waals surface area (Å²) in [6.07, 6.45) is 0. The van der Waals surface area contributed by atoms with Crippen LogP contribution in [-0.4, -0.2) is 41.2 Å². The molecule has 1 aromatic heterocycles. The van der Waals surface area contributed by atoms with Crippen molar-refractivity contribution in [1.82, 2.24) is 15.0 Å². The lowest BCUT2D eigenvalue weighted by molar-refractivity contribution is -0.134. The summed E-state index contributed by atoms with van der Waals surface area (Å²) in [5.41, 5.74) is 0.785. The minimum absolute atomic E-state index is 0.119. The summed E-state index contributed by atoms with van der Waals surface area (Å²) in [7, 11) is 1.55. The number of amides is 1. The van der Waals surface area contributed by atoms with Crippen molar-refractivity contribution in [2.45, 2.75) is 13.5 Å². The van der Waals surface area contributed by atoms with E-state index in [1.165, 1.54) is 0 Å². The van der Waals surface area contributed by atoms with Crippen molar-refractivity contribution < 1.29 is 18.8 Å². The molecule has 0 fully saturated rings. The number of halogens is 1. The molecule has 0 aliphatic carbocycles. The number of hydrogen-bond acceptors (Lipinski definition) is 6. The van der Waals surface area contributed by atoms with Gasteiger partial charge in [0.1, 0.15) is 6.54 Å². The summed E-state index contributed by atoms with van der Waals surface area (Å²) in [4.78, 5) is 18.4. The van der Waals surface area contributed by atoms with E-state index in [0.717, 1.165) is 5.56 Å². The topological polar surface area (TPSA) is 77.7 Å². The first-order valence-corrected chi connectivity index (χ1v) is 9.10. The largest absolute Gasteiger partial charge is 0.493 e. The summed E-state index contributed by atoms with van der Waals surface area (Å²) < 4.78 is 16.1. The highest BCUT2D eigenvalue weighted by atomic mass is 35.5. The van der Waals surface area contributed by atoms with Crippen molar-refractivity contribution in [3.05, 3.63) is 59.4 Å². The van der Waals surface area contributed by atoms with Gasteiger partial charge in [-0.3, -0.25) is 4.79 Å².